The number of halogens is 2. The Kier molecular flexibility index (Phi) is 5.26. The maximum Gasteiger partial charge on any atom is 0.262 e. The summed E-state index contributed by atoms with van der Waals surface area (Å²) in [5.74, 6) is 0.0180. The zero-order valence-corrected chi connectivity index (χ0v) is 13.2. The summed E-state index contributed by atoms with van der Waals surface area (Å²) >= 11 is 11.9. The van der Waals surface area contributed by atoms with Crippen LogP contribution in [-0.4, -0.2) is 12.5 Å². The summed E-state index contributed by atoms with van der Waals surface area (Å²) in [4.78, 5) is 11.9. The first-order valence-electron chi connectivity index (χ1n) is 6.38. The highest BCUT2D eigenvalue weighted by Gasteiger charge is 2.09. The van der Waals surface area contributed by atoms with Crippen molar-refractivity contribution < 1.29 is 9.53 Å². The lowest BCUT2D eigenvalue weighted by Gasteiger charge is -2.11. The van der Waals surface area contributed by atoms with Crippen molar-refractivity contribution in [3.05, 3.63) is 57.6 Å². The zero-order chi connectivity index (χ0) is 16.1. The van der Waals surface area contributed by atoms with Gasteiger partial charge in [0.2, 0.25) is 0 Å². The van der Waals surface area contributed by atoms with Gasteiger partial charge in [-0.05, 0) is 42.8 Å². The van der Waals surface area contributed by atoms with Crippen LogP contribution in [0.3, 0.4) is 0 Å². The van der Waals surface area contributed by atoms with Crippen molar-refractivity contribution in [3.63, 3.8) is 0 Å². The first-order chi connectivity index (χ1) is 10.5. The van der Waals surface area contributed by atoms with Crippen LogP contribution in [0.4, 0.5) is 5.69 Å². The number of aryl methyl sites for hydroxylation is 1. The van der Waals surface area contributed by atoms with Crippen molar-refractivity contribution in [1.29, 1.82) is 5.26 Å². The molecule has 1 amide bonds. The number of nitrogens with zero attached hydrogens (tertiary/aromatic N) is 1. The average molecular weight is 335 g/mol. The molecule has 0 fully saturated rings. The minimum atomic E-state index is -0.328. The number of rotatable bonds is 4. The van der Waals surface area contributed by atoms with E-state index in [4.69, 9.17) is 33.2 Å². The maximum atomic E-state index is 11.9. The number of carbonyl (C=O) groups excluding carboxylic acids is 1. The summed E-state index contributed by atoms with van der Waals surface area (Å²) in [6.07, 6.45) is 0. The summed E-state index contributed by atoms with van der Waals surface area (Å²) in [5, 5.41) is 12.3. The van der Waals surface area contributed by atoms with Crippen LogP contribution in [0.15, 0.2) is 36.4 Å². The van der Waals surface area contributed by atoms with Gasteiger partial charge < -0.3 is 10.1 Å². The Morgan fingerprint density at radius 2 is 2.05 bits per heavy atom. The number of anilines is 1. The van der Waals surface area contributed by atoms with Crippen molar-refractivity contribution in [2.45, 2.75) is 6.92 Å². The quantitative estimate of drug-likeness (QED) is 0.911. The number of benzene rings is 2. The van der Waals surface area contributed by atoms with E-state index in [0.717, 1.165) is 5.56 Å². The molecule has 1 N–H and O–H groups in total. The molecule has 0 aliphatic heterocycles. The molecule has 0 unspecified atom stereocenters. The van der Waals surface area contributed by atoms with Crippen LogP contribution in [-0.2, 0) is 4.79 Å². The molecular formula is C16H12Cl2N2O2. The average Bonchev–Trinajstić information content (AvgIpc) is 2.49. The van der Waals surface area contributed by atoms with E-state index in [1.54, 1.807) is 24.3 Å². The Bertz CT molecular complexity index is 754. The van der Waals surface area contributed by atoms with Gasteiger partial charge in [0, 0.05) is 10.7 Å². The molecule has 0 aliphatic carbocycles. The molecule has 2 aromatic rings. The van der Waals surface area contributed by atoms with Crippen molar-refractivity contribution in [2.24, 2.45) is 0 Å². The normalized spacial score (nSPS) is 9.91. The van der Waals surface area contributed by atoms with Crippen molar-refractivity contribution in [1.82, 2.24) is 0 Å². The van der Waals surface area contributed by atoms with Crippen molar-refractivity contribution in [3.8, 4) is 11.8 Å². The third-order valence-corrected chi connectivity index (χ3v) is 3.42. The van der Waals surface area contributed by atoms with E-state index >= 15 is 0 Å². The molecule has 0 heterocycles. The fourth-order valence-electron chi connectivity index (χ4n) is 1.75. The Labute approximate surface area is 138 Å². The maximum absolute atomic E-state index is 11.9. The zero-order valence-electron chi connectivity index (χ0n) is 11.7. The fraction of sp³-hybridized carbons (Fsp3) is 0.125. The van der Waals surface area contributed by atoms with Gasteiger partial charge in [-0.15, -0.1) is 0 Å². The predicted octanol–water partition coefficient (Wildman–Crippen LogP) is 4.19. The molecule has 4 nitrogen and oxygen atoms in total. The molecule has 0 atom stereocenters. The van der Waals surface area contributed by atoms with Crippen LogP contribution in [0.25, 0.3) is 0 Å². The van der Waals surface area contributed by atoms with E-state index in [1.165, 1.54) is 6.07 Å². The lowest BCUT2D eigenvalue weighted by Crippen LogP contribution is -2.20. The highest BCUT2D eigenvalue weighted by atomic mass is 35.5. The van der Waals surface area contributed by atoms with Gasteiger partial charge in [-0.2, -0.15) is 5.26 Å². The van der Waals surface area contributed by atoms with Gasteiger partial charge in [0.25, 0.3) is 5.91 Å². The summed E-state index contributed by atoms with van der Waals surface area (Å²) in [7, 11) is 0. The number of hydrogen-bond donors (Lipinski definition) is 1. The van der Waals surface area contributed by atoms with Gasteiger partial charge in [-0.3, -0.25) is 4.79 Å². The van der Waals surface area contributed by atoms with Crippen molar-refractivity contribution in [2.75, 3.05) is 11.9 Å². The summed E-state index contributed by atoms with van der Waals surface area (Å²) in [6, 6.07) is 11.8. The molecule has 6 heteroatoms. The minimum absolute atomic E-state index is 0.197. The van der Waals surface area contributed by atoms with Gasteiger partial charge in [-0.1, -0.05) is 29.3 Å². The van der Waals surface area contributed by atoms with Crippen LogP contribution in [0, 0.1) is 18.3 Å². The smallest absolute Gasteiger partial charge is 0.262 e. The summed E-state index contributed by atoms with van der Waals surface area (Å²) in [6.45, 7) is 1.67. The van der Waals surface area contributed by atoms with E-state index in [1.807, 2.05) is 19.1 Å². The van der Waals surface area contributed by atoms with E-state index in [-0.39, 0.29) is 17.5 Å². The number of nitriles is 1. The van der Waals surface area contributed by atoms with E-state index in [0.29, 0.717) is 22.0 Å². The largest absolute Gasteiger partial charge is 0.482 e. The molecule has 0 aliphatic rings. The number of carbonyl (C=O) groups is 1. The van der Waals surface area contributed by atoms with E-state index in [2.05, 4.69) is 5.32 Å². The Hall–Kier alpha value is -2.22. The van der Waals surface area contributed by atoms with Gasteiger partial charge in [0.15, 0.2) is 6.61 Å². The third kappa shape index (κ3) is 4.14. The second-order valence-corrected chi connectivity index (χ2v) is 5.40. The lowest BCUT2D eigenvalue weighted by atomic mass is 10.2. The highest BCUT2D eigenvalue weighted by molar-refractivity contribution is 6.32. The number of amides is 1. The fourth-order valence-corrected chi connectivity index (χ4v) is 2.15. The second-order valence-electron chi connectivity index (χ2n) is 4.55. The van der Waals surface area contributed by atoms with Crippen LogP contribution in [0.5, 0.6) is 5.75 Å². The standard InChI is InChI=1S/C16H12Cl2N2O2/c1-10-2-4-12(17)7-14(10)20-16(21)9-22-15-5-3-11(8-19)6-13(15)18/h2-7H,9H2,1H3,(H,20,21). The third-order valence-electron chi connectivity index (χ3n) is 2.89. The first kappa shape index (κ1) is 16.2. The molecule has 2 rings (SSSR count). The van der Waals surface area contributed by atoms with Gasteiger partial charge in [0.1, 0.15) is 5.75 Å². The van der Waals surface area contributed by atoms with Gasteiger partial charge in [0.05, 0.1) is 16.7 Å². The van der Waals surface area contributed by atoms with Crippen LogP contribution in [0.1, 0.15) is 11.1 Å². The SMILES string of the molecule is Cc1ccc(Cl)cc1NC(=O)COc1ccc(C#N)cc1Cl. The number of nitrogens with one attached hydrogen (secondary N) is 1. The van der Waals surface area contributed by atoms with E-state index < -0.39 is 0 Å². The van der Waals surface area contributed by atoms with Gasteiger partial charge >= 0.3 is 0 Å². The molecule has 0 bridgehead atoms. The first-order valence-corrected chi connectivity index (χ1v) is 7.13. The number of ether oxygens (including phenoxy) is 1. The molecule has 112 valence electrons. The minimum Gasteiger partial charge on any atom is -0.482 e. The van der Waals surface area contributed by atoms with Gasteiger partial charge in [-0.25, -0.2) is 0 Å². The molecular weight excluding hydrogens is 323 g/mol. The molecule has 0 radical (unpaired) electrons. The summed E-state index contributed by atoms with van der Waals surface area (Å²) < 4.78 is 5.35. The van der Waals surface area contributed by atoms with Crippen molar-refractivity contribution >= 4 is 34.8 Å². The Morgan fingerprint density at radius 3 is 2.73 bits per heavy atom. The second kappa shape index (κ2) is 7.17. The molecule has 22 heavy (non-hydrogen) atoms. The molecule has 0 aromatic heterocycles. The van der Waals surface area contributed by atoms with Crippen LogP contribution < -0.4 is 10.1 Å². The Morgan fingerprint density at radius 1 is 1.27 bits per heavy atom. The lowest BCUT2D eigenvalue weighted by molar-refractivity contribution is -0.118. The molecule has 0 saturated heterocycles. The number of hydrogen-bond acceptors (Lipinski definition) is 3. The van der Waals surface area contributed by atoms with Crippen LogP contribution in [0.2, 0.25) is 10.0 Å². The molecule has 2 aromatic carbocycles. The predicted molar refractivity (Wildman–Crippen MR) is 86.5 cm³/mol. The Balaban J connectivity index is 1.99. The molecule has 0 spiro atoms. The monoisotopic (exact) mass is 334 g/mol. The molecule has 0 saturated carbocycles. The van der Waals surface area contributed by atoms with E-state index in [9.17, 15) is 4.79 Å². The summed E-state index contributed by atoms with van der Waals surface area (Å²) in [5.41, 5.74) is 1.96. The topological polar surface area (TPSA) is 62.1 Å². The highest BCUT2D eigenvalue weighted by Crippen LogP contribution is 2.25. The van der Waals surface area contributed by atoms with Crippen LogP contribution >= 0.6 is 23.2 Å².